The second-order valence-corrected chi connectivity index (χ2v) is 7.69. The van der Waals surface area contributed by atoms with Gasteiger partial charge in [0.2, 0.25) is 0 Å². The van der Waals surface area contributed by atoms with Gasteiger partial charge in [0.05, 0.1) is 5.57 Å². The summed E-state index contributed by atoms with van der Waals surface area (Å²) in [6.07, 6.45) is 1.81. The minimum Gasteiger partial charge on any atom is -0.512 e. The van der Waals surface area contributed by atoms with E-state index >= 15 is 0 Å². The van der Waals surface area contributed by atoms with Crippen molar-refractivity contribution in [2.45, 2.75) is 60.3 Å². The van der Waals surface area contributed by atoms with Crippen molar-refractivity contribution in [3.8, 4) is 0 Å². The molecule has 0 bridgehead atoms. The molecule has 0 heterocycles. The third-order valence-corrected chi connectivity index (χ3v) is 4.31. The summed E-state index contributed by atoms with van der Waals surface area (Å²) in [5.41, 5.74) is 1.75. The third kappa shape index (κ3) is 2.58. The monoisotopic (exact) mass is 276 g/mol. The Morgan fingerprint density at radius 3 is 2.10 bits per heavy atom. The lowest BCUT2D eigenvalue weighted by Gasteiger charge is -2.38. The van der Waals surface area contributed by atoms with Crippen molar-refractivity contribution in [1.82, 2.24) is 0 Å². The van der Waals surface area contributed by atoms with Crippen LogP contribution in [-0.2, 0) is 9.59 Å². The van der Waals surface area contributed by atoms with E-state index in [4.69, 9.17) is 0 Å². The standard InChI is InChI=1S/C17H24O3/c1-10-6-11(18)7-17(4,5)15(10)14-12(19)8-16(2,3)9-13(14)20/h19H,6-9H2,1-5H3. The highest BCUT2D eigenvalue weighted by Gasteiger charge is 2.41. The summed E-state index contributed by atoms with van der Waals surface area (Å²) in [5.74, 6) is 0.415. The van der Waals surface area contributed by atoms with Gasteiger partial charge in [-0.3, -0.25) is 9.59 Å². The maximum atomic E-state index is 12.5. The van der Waals surface area contributed by atoms with Crippen molar-refractivity contribution in [3.05, 3.63) is 22.5 Å². The van der Waals surface area contributed by atoms with E-state index < -0.39 is 0 Å². The summed E-state index contributed by atoms with van der Waals surface area (Å²) in [7, 11) is 0. The number of carbonyl (C=O) groups excluding carboxylic acids is 2. The van der Waals surface area contributed by atoms with Crippen molar-refractivity contribution < 1.29 is 14.7 Å². The van der Waals surface area contributed by atoms with Gasteiger partial charge >= 0.3 is 0 Å². The molecule has 0 aromatic rings. The summed E-state index contributed by atoms with van der Waals surface area (Å²) >= 11 is 0. The van der Waals surface area contributed by atoms with Gasteiger partial charge in [-0.2, -0.15) is 0 Å². The van der Waals surface area contributed by atoms with Crippen LogP contribution >= 0.6 is 0 Å². The van der Waals surface area contributed by atoms with E-state index in [9.17, 15) is 14.7 Å². The van der Waals surface area contributed by atoms with Gasteiger partial charge in [-0.15, -0.1) is 0 Å². The summed E-state index contributed by atoms with van der Waals surface area (Å²) < 4.78 is 0. The first kappa shape index (κ1) is 15.0. The van der Waals surface area contributed by atoms with Crippen LogP contribution in [-0.4, -0.2) is 16.7 Å². The number of ketones is 2. The van der Waals surface area contributed by atoms with Crippen LogP contribution in [0, 0.1) is 10.8 Å². The van der Waals surface area contributed by atoms with E-state index in [2.05, 4.69) is 0 Å². The van der Waals surface area contributed by atoms with Crippen LogP contribution < -0.4 is 0 Å². The van der Waals surface area contributed by atoms with E-state index in [1.165, 1.54) is 0 Å². The number of hydrogen-bond donors (Lipinski definition) is 1. The molecule has 3 nitrogen and oxygen atoms in total. The molecule has 0 saturated heterocycles. The van der Waals surface area contributed by atoms with Gasteiger partial charge in [0.15, 0.2) is 5.78 Å². The minimum atomic E-state index is -0.375. The van der Waals surface area contributed by atoms with Crippen molar-refractivity contribution in [3.63, 3.8) is 0 Å². The SMILES string of the molecule is CC1=C(C2=C(O)CC(C)(C)CC2=O)C(C)(C)CC(=O)C1. The zero-order valence-corrected chi connectivity index (χ0v) is 13.1. The van der Waals surface area contributed by atoms with Gasteiger partial charge in [0.25, 0.3) is 0 Å². The molecule has 0 fully saturated rings. The molecular formula is C17H24O3. The largest absolute Gasteiger partial charge is 0.512 e. The number of rotatable bonds is 1. The second-order valence-electron chi connectivity index (χ2n) is 7.69. The Bertz CT molecular complexity index is 545. The van der Waals surface area contributed by atoms with E-state index in [1.54, 1.807) is 0 Å². The summed E-state index contributed by atoms with van der Waals surface area (Å²) in [6, 6.07) is 0. The van der Waals surface area contributed by atoms with E-state index in [-0.39, 0.29) is 28.2 Å². The smallest absolute Gasteiger partial charge is 0.167 e. The number of Topliss-reactive ketones (excluding diaryl/α,β-unsaturated/α-hetero) is 2. The topological polar surface area (TPSA) is 54.4 Å². The number of allylic oxidation sites excluding steroid dienone is 4. The maximum Gasteiger partial charge on any atom is 0.167 e. The van der Waals surface area contributed by atoms with Crippen LogP contribution in [0.2, 0.25) is 0 Å². The highest BCUT2D eigenvalue weighted by Crippen LogP contribution is 2.47. The molecule has 0 aliphatic heterocycles. The molecule has 1 N–H and O–H groups in total. The molecule has 0 saturated carbocycles. The minimum absolute atomic E-state index is 0.00974. The molecule has 110 valence electrons. The van der Waals surface area contributed by atoms with Crippen LogP contribution in [0.1, 0.15) is 60.3 Å². The molecule has 2 aliphatic carbocycles. The molecule has 3 heteroatoms. The molecule has 0 radical (unpaired) electrons. The van der Waals surface area contributed by atoms with Crippen molar-refractivity contribution >= 4 is 11.6 Å². The van der Waals surface area contributed by atoms with Crippen molar-refractivity contribution in [2.24, 2.45) is 10.8 Å². The first-order valence-corrected chi connectivity index (χ1v) is 7.21. The highest BCUT2D eigenvalue weighted by atomic mass is 16.3. The van der Waals surface area contributed by atoms with Gasteiger partial charge in [0.1, 0.15) is 11.5 Å². The summed E-state index contributed by atoms with van der Waals surface area (Å²) in [6.45, 7) is 9.86. The van der Waals surface area contributed by atoms with Gasteiger partial charge in [-0.05, 0) is 23.3 Å². The lowest BCUT2D eigenvalue weighted by Crippen LogP contribution is -2.33. The number of aliphatic hydroxyl groups excluding tert-OH is 1. The molecule has 20 heavy (non-hydrogen) atoms. The lowest BCUT2D eigenvalue weighted by molar-refractivity contribution is -0.121. The van der Waals surface area contributed by atoms with E-state index in [0.717, 1.165) is 11.1 Å². The Balaban J connectivity index is 2.57. The molecule has 0 unspecified atom stereocenters. The van der Waals surface area contributed by atoms with Crippen molar-refractivity contribution in [1.29, 1.82) is 0 Å². The first-order valence-electron chi connectivity index (χ1n) is 7.21. The summed E-state index contributed by atoms with van der Waals surface area (Å²) in [5, 5.41) is 10.4. The zero-order chi connectivity index (χ0) is 15.3. The zero-order valence-electron chi connectivity index (χ0n) is 13.1. The number of hydrogen-bond acceptors (Lipinski definition) is 3. The fraction of sp³-hybridized carbons (Fsp3) is 0.647. The normalized spacial score (nSPS) is 26.2. The fourth-order valence-electron chi connectivity index (χ4n) is 3.73. The Morgan fingerprint density at radius 2 is 1.60 bits per heavy atom. The van der Waals surface area contributed by atoms with Gasteiger partial charge in [0, 0.05) is 25.7 Å². The van der Waals surface area contributed by atoms with Crippen LogP contribution in [0.4, 0.5) is 0 Å². The van der Waals surface area contributed by atoms with Gasteiger partial charge in [-0.25, -0.2) is 0 Å². The Morgan fingerprint density at radius 1 is 1.00 bits per heavy atom. The Hall–Kier alpha value is -1.38. The molecule has 0 amide bonds. The molecule has 0 aromatic carbocycles. The van der Waals surface area contributed by atoms with E-state index in [0.29, 0.717) is 31.3 Å². The Kier molecular flexibility index (Phi) is 3.43. The second kappa shape index (κ2) is 4.57. The van der Waals surface area contributed by atoms with E-state index in [1.807, 2.05) is 34.6 Å². The molecular weight excluding hydrogens is 252 g/mol. The van der Waals surface area contributed by atoms with Gasteiger partial charge in [-0.1, -0.05) is 33.3 Å². The lowest BCUT2D eigenvalue weighted by atomic mass is 9.65. The number of aliphatic hydroxyl groups is 1. The maximum absolute atomic E-state index is 12.5. The highest BCUT2D eigenvalue weighted by molar-refractivity contribution is 6.02. The first-order chi connectivity index (χ1) is 9.03. The fourth-order valence-corrected chi connectivity index (χ4v) is 3.73. The number of carbonyl (C=O) groups is 2. The van der Waals surface area contributed by atoms with Crippen LogP contribution in [0.3, 0.4) is 0 Å². The van der Waals surface area contributed by atoms with Crippen LogP contribution in [0.25, 0.3) is 0 Å². The predicted octanol–water partition coefficient (Wildman–Crippen LogP) is 3.89. The quantitative estimate of drug-likeness (QED) is 0.790. The van der Waals surface area contributed by atoms with Crippen LogP contribution in [0.15, 0.2) is 22.5 Å². The van der Waals surface area contributed by atoms with Crippen molar-refractivity contribution in [2.75, 3.05) is 0 Å². The Labute approximate surface area is 120 Å². The molecule has 2 rings (SSSR count). The molecule has 0 spiro atoms. The predicted molar refractivity (Wildman–Crippen MR) is 78.4 cm³/mol. The molecule has 0 aromatic heterocycles. The molecule has 2 aliphatic rings. The average Bonchev–Trinajstić information content (AvgIpc) is 2.17. The average molecular weight is 276 g/mol. The van der Waals surface area contributed by atoms with Crippen LogP contribution in [0.5, 0.6) is 0 Å². The van der Waals surface area contributed by atoms with Gasteiger partial charge < -0.3 is 5.11 Å². The molecule has 0 atom stereocenters. The third-order valence-electron chi connectivity index (χ3n) is 4.31. The summed E-state index contributed by atoms with van der Waals surface area (Å²) in [4.78, 5) is 24.3.